The molecule has 172 valence electrons. The molecule has 2 fully saturated rings. The first-order valence-corrected chi connectivity index (χ1v) is 11.7. The van der Waals surface area contributed by atoms with Crippen LogP contribution in [0.4, 0.5) is 11.6 Å². The Morgan fingerprint density at radius 3 is 2.09 bits per heavy atom. The zero-order chi connectivity index (χ0) is 22.7. The minimum absolute atomic E-state index is 0.00945. The van der Waals surface area contributed by atoms with Crippen molar-refractivity contribution in [1.29, 1.82) is 0 Å². The number of morpholine rings is 1. The first-order chi connectivity index (χ1) is 15.4. The Bertz CT molecular complexity index is 1060. The summed E-state index contributed by atoms with van der Waals surface area (Å²) in [5.41, 5.74) is 5.40. The van der Waals surface area contributed by atoms with Gasteiger partial charge >= 0.3 is 0 Å². The van der Waals surface area contributed by atoms with Crippen molar-refractivity contribution in [3.8, 4) is 5.75 Å². The molecule has 2 aliphatic rings. The molecule has 0 saturated carbocycles. The summed E-state index contributed by atoms with van der Waals surface area (Å²) in [5.74, 6) is 1.01. The summed E-state index contributed by atoms with van der Waals surface area (Å²) in [5, 5.41) is 8.66. The molecule has 0 spiro atoms. The molecule has 0 radical (unpaired) electrons. The summed E-state index contributed by atoms with van der Waals surface area (Å²) in [7, 11) is -2.39. The molecular weight excluding hydrogens is 436 g/mol. The van der Waals surface area contributed by atoms with Gasteiger partial charge in [0, 0.05) is 39.3 Å². The smallest absolute Gasteiger partial charge is 0.252 e. The Morgan fingerprint density at radius 2 is 1.56 bits per heavy atom. The number of amides is 1. The third-order valence-electron chi connectivity index (χ3n) is 5.61. The lowest BCUT2D eigenvalue weighted by molar-refractivity contribution is 0.0997. The van der Waals surface area contributed by atoms with Gasteiger partial charge < -0.3 is 25.0 Å². The number of carbonyl (C=O) groups is 1. The van der Waals surface area contributed by atoms with Gasteiger partial charge in [-0.1, -0.05) is 0 Å². The van der Waals surface area contributed by atoms with Gasteiger partial charge in [0.1, 0.15) is 5.75 Å². The summed E-state index contributed by atoms with van der Waals surface area (Å²) < 4.78 is 38.0. The van der Waals surface area contributed by atoms with Crippen LogP contribution in [0.5, 0.6) is 5.75 Å². The summed E-state index contributed by atoms with van der Waals surface area (Å²) in [6, 6.07) is 7.96. The summed E-state index contributed by atoms with van der Waals surface area (Å²) in [6.07, 6.45) is 0. The number of nitrogens with zero attached hydrogens (tertiary/aromatic N) is 5. The van der Waals surface area contributed by atoms with Crippen LogP contribution in [0, 0.1) is 0 Å². The Balaban J connectivity index is 1.43. The molecule has 0 aliphatic carbocycles. The number of hydrogen-bond acceptors (Lipinski definition) is 9. The minimum Gasteiger partial charge on any atom is -0.496 e. The molecule has 0 unspecified atom stereocenters. The number of sulfonamides is 1. The highest BCUT2D eigenvalue weighted by molar-refractivity contribution is 7.89. The standard InChI is InChI=1S/C20H26N6O5S/c1-30-17-3-2-15(14-16(17)20(21)27)32(28,29)26-8-6-24(7-9-26)18-4-5-19(23-22-18)25-10-12-31-13-11-25/h2-5,14H,6-13H2,1H3,(H2,21,27). The zero-order valence-electron chi connectivity index (χ0n) is 17.8. The van der Waals surface area contributed by atoms with Crippen LogP contribution in [0.15, 0.2) is 35.2 Å². The highest BCUT2D eigenvalue weighted by atomic mass is 32.2. The van der Waals surface area contributed by atoms with Crippen LogP contribution in [0.2, 0.25) is 0 Å². The van der Waals surface area contributed by atoms with Crippen molar-refractivity contribution < 1.29 is 22.7 Å². The highest BCUT2D eigenvalue weighted by Gasteiger charge is 2.30. The molecule has 3 heterocycles. The lowest BCUT2D eigenvalue weighted by Crippen LogP contribution is -2.49. The minimum atomic E-state index is -3.78. The molecule has 0 bridgehead atoms. The van der Waals surface area contributed by atoms with E-state index in [1.807, 2.05) is 17.0 Å². The van der Waals surface area contributed by atoms with Crippen LogP contribution >= 0.6 is 0 Å². The number of primary amides is 1. The molecule has 0 atom stereocenters. The maximum atomic E-state index is 13.1. The van der Waals surface area contributed by atoms with Gasteiger partial charge in [-0.3, -0.25) is 4.79 Å². The summed E-state index contributed by atoms with van der Waals surface area (Å²) in [6.45, 7) is 4.44. The molecule has 2 saturated heterocycles. The number of aromatic nitrogens is 2. The second-order valence-electron chi connectivity index (χ2n) is 7.47. The largest absolute Gasteiger partial charge is 0.496 e. The molecule has 32 heavy (non-hydrogen) atoms. The Hall–Kier alpha value is -2.96. The van der Waals surface area contributed by atoms with Gasteiger partial charge in [0.25, 0.3) is 5.91 Å². The third-order valence-corrected chi connectivity index (χ3v) is 7.50. The maximum Gasteiger partial charge on any atom is 0.252 e. The maximum absolute atomic E-state index is 13.1. The fourth-order valence-electron chi connectivity index (χ4n) is 3.79. The van der Waals surface area contributed by atoms with Crippen LogP contribution < -0.4 is 20.3 Å². The van der Waals surface area contributed by atoms with Crippen LogP contribution in [-0.2, 0) is 14.8 Å². The van der Waals surface area contributed by atoms with E-state index in [1.54, 1.807) is 0 Å². The molecular formula is C20H26N6O5S. The van der Waals surface area contributed by atoms with Gasteiger partial charge in [0.05, 0.1) is 30.8 Å². The van der Waals surface area contributed by atoms with E-state index in [-0.39, 0.29) is 29.3 Å². The van der Waals surface area contributed by atoms with Crippen molar-refractivity contribution >= 4 is 27.6 Å². The van der Waals surface area contributed by atoms with Gasteiger partial charge in [-0.2, -0.15) is 4.31 Å². The first-order valence-electron chi connectivity index (χ1n) is 10.3. The number of benzene rings is 1. The van der Waals surface area contributed by atoms with Crippen molar-refractivity contribution in [2.75, 3.05) is 69.4 Å². The van der Waals surface area contributed by atoms with Gasteiger partial charge in [-0.25, -0.2) is 8.42 Å². The molecule has 1 aromatic carbocycles. The third kappa shape index (κ3) is 4.47. The van der Waals surface area contributed by atoms with Crippen molar-refractivity contribution in [2.45, 2.75) is 4.90 Å². The van der Waals surface area contributed by atoms with Crippen molar-refractivity contribution in [3.63, 3.8) is 0 Å². The summed E-state index contributed by atoms with van der Waals surface area (Å²) in [4.78, 5) is 15.8. The normalized spacial score (nSPS) is 17.9. The van der Waals surface area contributed by atoms with E-state index < -0.39 is 15.9 Å². The molecule has 2 aromatic rings. The van der Waals surface area contributed by atoms with Crippen LogP contribution in [0.1, 0.15) is 10.4 Å². The lowest BCUT2D eigenvalue weighted by atomic mass is 10.2. The molecule has 1 aromatic heterocycles. The Morgan fingerprint density at radius 1 is 0.969 bits per heavy atom. The van der Waals surface area contributed by atoms with Crippen molar-refractivity contribution in [3.05, 3.63) is 35.9 Å². The van der Waals surface area contributed by atoms with E-state index in [9.17, 15) is 13.2 Å². The number of ether oxygens (including phenoxy) is 2. The van der Waals surface area contributed by atoms with Gasteiger partial charge in [0.15, 0.2) is 11.6 Å². The fourth-order valence-corrected chi connectivity index (χ4v) is 5.24. The molecule has 12 heteroatoms. The van der Waals surface area contributed by atoms with E-state index in [0.29, 0.717) is 32.1 Å². The number of carbonyl (C=O) groups excluding carboxylic acids is 1. The Labute approximate surface area is 186 Å². The number of nitrogens with two attached hydrogens (primary N) is 1. The Kier molecular flexibility index (Phi) is 6.44. The van der Waals surface area contributed by atoms with E-state index in [0.717, 1.165) is 18.9 Å². The average molecular weight is 463 g/mol. The number of piperazine rings is 1. The van der Waals surface area contributed by atoms with Crippen molar-refractivity contribution in [2.24, 2.45) is 5.73 Å². The lowest BCUT2D eigenvalue weighted by Gasteiger charge is -2.34. The molecule has 2 aliphatic heterocycles. The van der Waals surface area contributed by atoms with Crippen LogP contribution in [0.25, 0.3) is 0 Å². The van der Waals surface area contributed by atoms with E-state index in [4.69, 9.17) is 15.2 Å². The summed E-state index contributed by atoms with van der Waals surface area (Å²) >= 11 is 0. The van der Waals surface area contributed by atoms with E-state index >= 15 is 0 Å². The topological polar surface area (TPSA) is 131 Å². The van der Waals surface area contributed by atoms with E-state index in [2.05, 4.69) is 15.1 Å². The number of rotatable bonds is 6. The zero-order valence-corrected chi connectivity index (χ0v) is 18.6. The molecule has 1 amide bonds. The fraction of sp³-hybridized carbons (Fsp3) is 0.450. The first kappa shape index (κ1) is 22.2. The molecule has 11 nitrogen and oxygen atoms in total. The van der Waals surface area contributed by atoms with Gasteiger partial charge in [-0.15, -0.1) is 10.2 Å². The SMILES string of the molecule is COc1ccc(S(=O)(=O)N2CCN(c3ccc(N4CCOCC4)nn3)CC2)cc1C(N)=O. The second-order valence-corrected chi connectivity index (χ2v) is 9.40. The van der Waals surface area contributed by atoms with E-state index in [1.165, 1.54) is 29.6 Å². The van der Waals surface area contributed by atoms with Gasteiger partial charge in [0.2, 0.25) is 10.0 Å². The quantitative estimate of drug-likeness (QED) is 0.627. The van der Waals surface area contributed by atoms with Crippen LogP contribution in [-0.4, -0.2) is 88.4 Å². The number of anilines is 2. The predicted molar refractivity (Wildman–Crippen MR) is 118 cm³/mol. The molecule has 2 N–H and O–H groups in total. The average Bonchev–Trinajstić information content (AvgIpc) is 2.84. The monoisotopic (exact) mass is 462 g/mol. The van der Waals surface area contributed by atoms with Gasteiger partial charge in [-0.05, 0) is 30.3 Å². The van der Waals surface area contributed by atoms with Crippen LogP contribution in [0.3, 0.4) is 0 Å². The predicted octanol–water partition coefficient (Wildman–Crippen LogP) is -0.0684. The number of methoxy groups -OCH3 is 1. The second kappa shape index (κ2) is 9.27. The number of hydrogen-bond donors (Lipinski definition) is 1. The highest BCUT2D eigenvalue weighted by Crippen LogP contribution is 2.26. The molecule has 4 rings (SSSR count). The van der Waals surface area contributed by atoms with Crippen molar-refractivity contribution in [1.82, 2.24) is 14.5 Å².